The smallest absolute Gasteiger partial charge is 0.241 e. The number of amides is 1. The summed E-state index contributed by atoms with van der Waals surface area (Å²) in [6, 6.07) is 16.5. The van der Waals surface area contributed by atoms with Crippen LogP contribution in [0.5, 0.6) is 0 Å². The van der Waals surface area contributed by atoms with Crippen LogP contribution >= 0.6 is 0 Å². The lowest BCUT2D eigenvalue weighted by Gasteiger charge is -2.32. The molecule has 1 saturated heterocycles. The summed E-state index contributed by atoms with van der Waals surface area (Å²) >= 11 is 0. The second kappa shape index (κ2) is 11.2. The SMILES string of the molecule is CN=C(NCCc1ccccn1)NCC(=O)N1CCC(Cc2ccccc2)CC1. The Morgan fingerprint density at radius 2 is 1.86 bits per heavy atom. The molecule has 2 N–H and O–H groups in total. The van der Waals surface area contributed by atoms with E-state index in [4.69, 9.17) is 0 Å². The van der Waals surface area contributed by atoms with Gasteiger partial charge in [0.15, 0.2) is 5.96 Å². The zero-order chi connectivity index (χ0) is 20.3. The van der Waals surface area contributed by atoms with Gasteiger partial charge in [0.2, 0.25) is 5.91 Å². The molecule has 154 valence electrons. The fraction of sp³-hybridized carbons (Fsp3) is 0.435. The van der Waals surface area contributed by atoms with Gasteiger partial charge in [-0.05, 0) is 42.9 Å². The molecule has 1 aliphatic rings. The van der Waals surface area contributed by atoms with E-state index >= 15 is 0 Å². The van der Waals surface area contributed by atoms with Crippen molar-refractivity contribution >= 4 is 11.9 Å². The number of guanidine groups is 1. The van der Waals surface area contributed by atoms with Gasteiger partial charge in [-0.25, -0.2) is 0 Å². The number of nitrogens with zero attached hydrogens (tertiary/aromatic N) is 3. The molecule has 2 aromatic rings. The molecule has 0 atom stereocenters. The molecule has 0 spiro atoms. The van der Waals surface area contributed by atoms with Crippen LogP contribution in [0, 0.1) is 5.92 Å². The zero-order valence-electron chi connectivity index (χ0n) is 17.2. The van der Waals surface area contributed by atoms with Crippen molar-refractivity contribution in [3.63, 3.8) is 0 Å². The van der Waals surface area contributed by atoms with Gasteiger partial charge >= 0.3 is 0 Å². The quantitative estimate of drug-likeness (QED) is 0.559. The molecule has 0 radical (unpaired) electrons. The lowest BCUT2D eigenvalue weighted by Crippen LogP contribution is -2.47. The lowest BCUT2D eigenvalue weighted by molar-refractivity contribution is -0.131. The van der Waals surface area contributed by atoms with Gasteiger partial charge in [-0.2, -0.15) is 0 Å². The first-order valence-electron chi connectivity index (χ1n) is 10.4. The lowest BCUT2D eigenvalue weighted by atomic mass is 9.90. The first-order valence-corrected chi connectivity index (χ1v) is 10.4. The molecule has 1 aliphatic heterocycles. The molecule has 0 unspecified atom stereocenters. The van der Waals surface area contributed by atoms with Crippen LogP contribution in [0.1, 0.15) is 24.1 Å². The van der Waals surface area contributed by atoms with Gasteiger partial charge in [0, 0.05) is 45.0 Å². The summed E-state index contributed by atoms with van der Waals surface area (Å²) in [7, 11) is 1.72. The summed E-state index contributed by atoms with van der Waals surface area (Å²) in [5.41, 5.74) is 2.42. The molecule has 1 amide bonds. The number of aromatic nitrogens is 1. The average molecular weight is 394 g/mol. The normalized spacial score (nSPS) is 15.2. The van der Waals surface area contributed by atoms with Crippen molar-refractivity contribution in [3.8, 4) is 0 Å². The average Bonchev–Trinajstić information content (AvgIpc) is 2.78. The molecule has 6 nitrogen and oxygen atoms in total. The number of carbonyl (C=O) groups is 1. The molecule has 1 aromatic carbocycles. The molecule has 1 aromatic heterocycles. The number of nitrogens with one attached hydrogen (secondary N) is 2. The van der Waals surface area contributed by atoms with Crippen LogP contribution in [0.3, 0.4) is 0 Å². The fourth-order valence-electron chi connectivity index (χ4n) is 3.68. The standard InChI is InChI=1S/C23H31N5O/c1-24-23(26-14-10-21-9-5-6-13-25-21)27-18-22(29)28-15-11-20(12-16-28)17-19-7-3-2-4-8-19/h2-9,13,20H,10-12,14-18H2,1H3,(H2,24,26,27). The highest BCUT2D eigenvalue weighted by molar-refractivity contribution is 5.86. The van der Waals surface area contributed by atoms with Crippen molar-refractivity contribution < 1.29 is 4.79 Å². The van der Waals surface area contributed by atoms with Gasteiger partial charge in [-0.15, -0.1) is 0 Å². The largest absolute Gasteiger partial charge is 0.356 e. The van der Waals surface area contributed by atoms with E-state index in [1.807, 2.05) is 23.1 Å². The molecule has 0 saturated carbocycles. The Labute approximate surface area is 173 Å². The summed E-state index contributed by atoms with van der Waals surface area (Å²) in [4.78, 5) is 23.0. The summed E-state index contributed by atoms with van der Waals surface area (Å²) in [5.74, 6) is 1.44. The molecule has 2 heterocycles. The molecular weight excluding hydrogens is 362 g/mol. The first kappa shape index (κ1) is 20.8. The molecule has 3 rings (SSSR count). The molecule has 0 bridgehead atoms. The highest BCUT2D eigenvalue weighted by Crippen LogP contribution is 2.21. The second-order valence-electron chi connectivity index (χ2n) is 7.44. The van der Waals surface area contributed by atoms with Gasteiger partial charge in [0.25, 0.3) is 0 Å². The van der Waals surface area contributed by atoms with Crippen LogP contribution in [-0.4, -0.2) is 55.0 Å². The zero-order valence-corrected chi connectivity index (χ0v) is 17.2. The van der Waals surface area contributed by atoms with Gasteiger partial charge in [0.05, 0.1) is 6.54 Å². The van der Waals surface area contributed by atoms with Gasteiger partial charge in [0.1, 0.15) is 0 Å². The molecule has 0 aliphatic carbocycles. The monoisotopic (exact) mass is 393 g/mol. The third-order valence-corrected chi connectivity index (χ3v) is 5.36. The van der Waals surface area contributed by atoms with E-state index in [-0.39, 0.29) is 12.5 Å². The Morgan fingerprint density at radius 3 is 2.55 bits per heavy atom. The van der Waals surface area contributed by atoms with E-state index in [2.05, 4.69) is 50.9 Å². The van der Waals surface area contributed by atoms with Gasteiger partial charge < -0.3 is 15.5 Å². The Kier molecular flexibility index (Phi) is 8.04. The fourth-order valence-corrected chi connectivity index (χ4v) is 3.68. The summed E-state index contributed by atoms with van der Waals surface area (Å²) in [6.45, 7) is 2.66. The van der Waals surface area contributed by atoms with E-state index in [0.717, 1.165) is 51.0 Å². The maximum atomic E-state index is 12.5. The maximum Gasteiger partial charge on any atom is 0.241 e. The van der Waals surface area contributed by atoms with Crippen LogP contribution in [0.25, 0.3) is 0 Å². The topological polar surface area (TPSA) is 69.6 Å². The van der Waals surface area contributed by atoms with E-state index in [9.17, 15) is 4.79 Å². The van der Waals surface area contributed by atoms with Crippen molar-refractivity contribution in [2.75, 3.05) is 33.2 Å². The summed E-state index contributed by atoms with van der Waals surface area (Å²) in [5, 5.41) is 6.37. The summed E-state index contributed by atoms with van der Waals surface area (Å²) in [6.07, 6.45) is 5.85. The minimum atomic E-state index is 0.135. The Bertz CT molecular complexity index is 770. The number of piperidine rings is 1. The second-order valence-corrected chi connectivity index (χ2v) is 7.44. The predicted octanol–water partition coefficient (Wildman–Crippen LogP) is 2.27. The van der Waals surface area contributed by atoms with Gasteiger partial charge in [-0.1, -0.05) is 36.4 Å². The van der Waals surface area contributed by atoms with E-state index in [1.165, 1.54) is 5.56 Å². The Morgan fingerprint density at radius 1 is 1.10 bits per heavy atom. The van der Waals surface area contributed by atoms with Crippen LogP contribution in [0.4, 0.5) is 0 Å². The number of hydrogen-bond acceptors (Lipinski definition) is 3. The Hall–Kier alpha value is -2.89. The molecule has 29 heavy (non-hydrogen) atoms. The molecular formula is C23H31N5O. The number of rotatable bonds is 7. The molecule has 1 fully saturated rings. The number of carbonyl (C=O) groups excluding carboxylic acids is 1. The molecule has 6 heteroatoms. The highest BCUT2D eigenvalue weighted by atomic mass is 16.2. The highest BCUT2D eigenvalue weighted by Gasteiger charge is 2.22. The van der Waals surface area contributed by atoms with Crippen LogP contribution in [-0.2, 0) is 17.6 Å². The number of likely N-dealkylation sites (tertiary alicyclic amines) is 1. The number of aliphatic imine (C=N–C) groups is 1. The number of pyridine rings is 1. The van der Waals surface area contributed by atoms with E-state index < -0.39 is 0 Å². The third-order valence-electron chi connectivity index (χ3n) is 5.36. The minimum Gasteiger partial charge on any atom is -0.356 e. The van der Waals surface area contributed by atoms with E-state index in [1.54, 1.807) is 13.2 Å². The van der Waals surface area contributed by atoms with Crippen molar-refractivity contribution in [2.45, 2.75) is 25.7 Å². The minimum absolute atomic E-state index is 0.135. The van der Waals surface area contributed by atoms with Gasteiger partial charge in [-0.3, -0.25) is 14.8 Å². The predicted molar refractivity (Wildman–Crippen MR) is 117 cm³/mol. The van der Waals surface area contributed by atoms with Crippen LogP contribution in [0.2, 0.25) is 0 Å². The Balaban J connectivity index is 1.34. The van der Waals surface area contributed by atoms with E-state index in [0.29, 0.717) is 11.9 Å². The van der Waals surface area contributed by atoms with Crippen molar-refractivity contribution in [2.24, 2.45) is 10.9 Å². The van der Waals surface area contributed by atoms with Crippen molar-refractivity contribution in [3.05, 3.63) is 66.0 Å². The first-order chi connectivity index (χ1) is 14.2. The third kappa shape index (κ3) is 6.89. The van der Waals surface area contributed by atoms with Crippen LogP contribution in [0.15, 0.2) is 59.7 Å². The van der Waals surface area contributed by atoms with Crippen molar-refractivity contribution in [1.82, 2.24) is 20.5 Å². The maximum absolute atomic E-state index is 12.5. The number of benzene rings is 1. The van der Waals surface area contributed by atoms with Crippen molar-refractivity contribution in [1.29, 1.82) is 0 Å². The summed E-state index contributed by atoms with van der Waals surface area (Å²) < 4.78 is 0. The number of hydrogen-bond donors (Lipinski definition) is 2. The van der Waals surface area contributed by atoms with Crippen LogP contribution < -0.4 is 10.6 Å².